The van der Waals surface area contributed by atoms with E-state index < -0.39 is 14.4 Å². The molecule has 1 aromatic rings. The molecule has 0 aliphatic carbocycles. The predicted molar refractivity (Wildman–Crippen MR) is 94.1 cm³/mol. The first-order valence-electron chi connectivity index (χ1n) is 7.82. The maximum Gasteiger partial charge on any atom is 0.411 e. The van der Waals surface area contributed by atoms with Crippen LogP contribution >= 0.6 is 0 Å². The molecule has 1 rings (SSSR count). The van der Waals surface area contributed by atoms with E-state index in [-0.39, 0.29) is 5.04 Å². The number of hydrogen-bond donors (Lipinski definition) is 1. The Morgan fingerprint density at radius 1 is 1.32 bits per heavy atom. The second kappa shape index (κ2) is 7.29. The van der Waals surface area contributed by atoms with Crippen molar-refractivity contribution in [2.24, 2.45) is 0 Å². The molecule has 0 saturated carbocycles. The monoisotopic (exact) mass is 323 g/mol. The van der Waals surface area contributed by atoms with Gasteiger partial charge in [-0.25, -0.2) is 4.79 Å². The zero-order valence-electron chi connectivity index (χ0n) is 14.6. The molecule has 0 unspecified atom stereocenters. The highest BCUT2D eigenvalue weighted by Crippen LogP contribution is 2.37. The molecule has 0 bridgehead atoms. The lowest BCUT2D eigenvalue weighted by Crippen LogP contribution is -2.40. The Labute approximate surface area is 135 Å². The minimum Gasteiger partial charge on any atom is -0.465 e. The van der Waals surface area contributed by atoms with Crippen molar-refractivity contribution in [3.63, 3.8) is 0 Å². The summed E-state index contributed by atoms with van der Waals surface area (Å²) in [7, 11) is -1.80. The van der Waals surface area contributed by atoms with Crippen LogP contribution in [0.4, 0.5) is 10.5 Å². The van der Waals surface area contributed by atoms with Crippen molar-refractivity contribution in [3.8, 4) is 0 Å². The fraction of sp³-hybridized carbons (Fsp3) is 0.588. The molecule has 1 N–H and O–H groups in total. The van der Waals surface area contributed by atoms with Crippen molar-refractivity contribution in [2.45, 2.75) is 58.9 Å². The van der Waals surface area contributed by atoms with Crippen molar-refractivity contribution < 1.29 is 14.3 Å². The maximum absolute atomic E-state index is 11.4. The highest BCUT2D eigenvalue weighted by atomic mass is 28.4. The number of anilines is 1. The molecule has 0 aromatic heterocycles. The number of carboxylic acid groups (broad SMARTS) is 1. The third-order valence-corrected chi connectivity index (χ3v) is 8.78. The molecular weight excluding hydrogens is 294 g/mol. The van der Waals surface area contributed by atoms with E-state index in [9.17, 15) is 9.90 Å². The van der Waals surface area contributed by atoms with Crippen LogP contribution in [-0.4, -0.2) is 26.1 Å². The summed E-state index contributed by atoms with van der Waals surface area (Å²) in [5, 5.41) is 9.48. The minimum atomic E-state index is -1.80. The summed E-state index contributed by atoms with van der Waals surface area (Å²) in [4.78, 5) is 12.7. The van der Waals surface area contributed by atoms with Crippen LogP contribution in [0.5, 0.6) is 0 Å². The van der Waals surface area contributed by atoms with Gasteiger partial charge in [-0.05, 0) is 42.2 Å². The highest BCUT2D eigenvalue weighted by molar-refractivity contribution is 6.74. The number of amides is 1. The fourth-order valence-electron chi connectivity index (χ4n) is 1.85. The van der Waals surface area contributed by atoms with Gasteiger partial charge in [0.1, 0.15) is 0 Å². The molecule has 5 heteroatoms. The Hall–Kier alpha value is -1.33. The van der Waals surface area contributed by atoms with Gasteiger partial charge < -0.3 is 9.53 Å². The summed E-state index contributed by atoms with van der Waals surface area (Å²) in [5.41, 5.74) is 1.73. The van der Waals surface area contributed by atoms with Crippen LogP contribution in [0, 0.1) is 0 Å². The molecule has 0 atom stereocenters. The summed E-state index contributed by atoms with van der Waals surface area (Å²) in [6, 6.07) is 7.63. The zero-order valence-corrected chi connectivity index (χ0v) is 15.6. The molecule has 0 heterocycles. The van der Waals surface area contributed by atoms with E-state index in [1.807, 2.05) is 31.2 Å². The average Bonchev–Trinajstić information content (AvgIpc) is 2.41. The topological polar surface area (TPSA) is 49.8 Å². The van der Waals surface area contributed by atoms with Crippen LogP contribution in [0.15, 0.2) is 24.3 Å². The Bertz CT molecular complexity index is 509. The van der Waals surface area contributed by atoms with Crippen LogP contribution in [0.1, 0.15) is 39.7 Å². The van der Waals surface area contributed by atoms with Gasteiger partial charge in [-0.15, -0.1) is 0 Å². The third kappa shape index (κ3) is 4.85. The van der Waals surface area contributed by atoms with Gasteiger partial charge in [-0.1, -0.05) is 39.8 Å². The second-order valence-corrected chi connectivity index (χ2v) is 12.0. The van der Waals surface area contributed by atoms with Crippen LogP contribution < -0.4 is 4.90 Å². The molecule has 0 aliphatic heterocycles. The van der Waals surface area contributed by atoms with Crippen molar-refractivity contribution in [1.82, 2.24) is 0 Å². The largest absolute Gasteiger partial charge is 0.465 e. The first-order chi connectivity index (χ1) is 10.1. The van der Waals surface area contributed by atoms with Crippen molar-refractivity contribution in [1.29, 1.82) is 0 Å². The lowest BCUT2D eigenvalue weighted by Gasteiger charge is -2.36. The summed E-state index contributed by atoms with van der Waals surface area (Å²) >= 11 is 0. The molecule has 0 fully saturated rings. The number of nitrogens with zero attached hydrogens (tertiary/aromatic N) is 1. The standard InChI is InChI=1S/C17H29NO3Si/c1-7-11-18(16(19)20)15-10-8-9-14(12-15)13-21-22(5,6)17(2,3)4/h8-10,12H,7,11,13H2,1-6H3,(H,19,20). The van der Waals surface area contributed by atoms with Crippen LogP contribution in [0.25, 0.3) is 0 Å². The maximum atomic E-state index is 11.4. The molecule has 22 heavy (non-hydrogen) atoms. The summed E-state index contributed by atoms with van der Waals surface area (Å²) in [6.45, 7) is 14.1. The highest BCUT2D eigenvalue weighted by Gasteiger charge is 2.37. The first kappa shape index (κ1) is 18.7. The van der Waals surface area contributed by atoms with Crippen LogP contribution in [0.2, 0.25) is 18.1 Å². The van der Waals surface area contributed by atoms with Crippen molar-refractivity contribution in [3.05, 3.63) is 29.8 Å². The van der Waals surface area contributed by atoms with Gasteiger partial charge in [-0.3, -0.25) is 4.90 Å². The molecule has 0 aliphatic rings. The van der Waals surface area contributed by atoms with E-state index in [0.717, 1.165) is 12.0 Å². The Morgan fingerprint density at radius 2 is 1.95 bits per heavy atom. The van der Waals surface area contributed by atoms with Gasteiger partial charge in [0.25, 0.3) is 0 Å². The zero-order chi connectivity index (χ0) is 17.0. The van der Waals surface area contributed by atoms with Gasteiger partial charge in [0.2, 0.25) is 0 Å². The Kier molecular flexibility index (Phi) is 6.20. The SMILES string of the molecule is CCCN(C(=O)O)c1cccc(CO[Si](C)(C)C(C)(C)C)c1. The lowest BCUT2D eigenvalue weighted by atomic mass is 10.2. The van der Waals surface area contributed by atoms with Crippen LogP contribution in [-0.2, 0) is 11.0 Å². The van der Waals surface area contributed by atoms with Gasteiger partial charge in [0.15, 0.2) is 8.32 Å². The number of carbonyl (C=O) groups is 1. The fourth-order valence-corrected chi connectivity index (χ4v) is 2.81. The normalized spacial score (nSPS) is 12.3. The number of rotatable bonds is 6. The third-order valence-electron chi connectivity index (χ3n) is 4.31. The molecule has 1 aromatic carbocycles. The van der Waals surface area contributed by atoms with Crippen molar-refractivity contribution >= 4 is 20.1 Å². The summed E-state index contributed by atoms with van der Waals surface area (Å²) in [6.07, 6.45) is -0.124. The molecule has 124 valence electrons. The Morgan fingerprint density at radius 3 is 2.45 bits per heavy atom. The smallest absolute Gasteiger partial charge is 0.411 e. The Balaban J connectivity index is 2.87. The van der Waals surface area contributed by atoms with E-state index in [1.165, 1.54) is 4.90 Å². The van der Waals surface area contributed by atoms with Gasteiger partial charge >= 0.3 is 6.09 Å². The number of hydrogen-bond acceptors (Lipinski definition) is 2. The average molecular weight is 324 g/mol. The van der Waals surface area contributed by atoms with E-state index in [1.54, 1.807) is 0 Å². The summed E-state index contributed by atoms with van der Waals surface area (Å²) < 4.78 is 6.21. The number of benzene rings is 1. The van der Waals surface area contributed by atoms with E-state index in [2.05, 4.69) is 33.9 Å². The van der Waals surface area contributed by atoms with Gasteiger partial charge in [-0.2, -0.15) is 0 Å². The minimum absolute atomic E-state index is 0.167. The van der Waals surface area contributed by atoms with Crippen molar-refractivity contribution in [2.75, 3.05) is 11.4 Å². The van der Waals surface area contributed by atoms with E-state index in [4.69, 9.17) is 4.43 Å². The lowest BCUT2D eigenvalue weighted by molar-refractivity contribution is 0.201. The molecule has 4 nitrogen and oxygen atoms in total. The van der Waals surface area contributed by atoms with Gasteiger partial charge in [0.05, 0.1) is 6.61 Å². The van der Waals surface area contributed by atoms with Gasteiger partial charge in [0, 0.05) is 12.2 Å². The molecule has 0 saturated heterocycles. The summed E-state index contributed by atoms with van der Waals surface area (Å²) in [5.74, 6) is 0. The molecular formula is C17H29NO3Si. The van der Waals surface area contributed by atoms with E-state index in [0.29, 0.717) is 18.8 Å². The molecule has 0 spiro atoms. The first-order valence-corrected chi connectivity index (χ1v) is 10.7. The predicted octanol–water partition coefficient (Wildman–Crippen LogP) is 5.10. The molecule has 0 radical (unpaired) electrons. The molecule has 1 amide bonds. The van der Waals surface area contributed by atoms with E-state index >= 15 is 0 Å². The second-order valence-electron chi connectivity index (χ2n) is 7.15. The quantitative estimate of drug-likeness (QED) is 0.741. The van der Waals surface area contributed by atoms with Crippen LogP contribution in [0.3, 0.4) is 0 Å².